The normalized spacial score (nSPS) is 11.8. The van der Waals surface area contributed by atoms with E-state index >= 15 is 0 Å². The summed E-state index contributed by atoms with van der Waals surface area (Å²) in [5.41, 5.74) is 3.56. The second-order valence-corrected chi connectivity index (χ2v) is 10.5. The first-order valence-electron chi connectivity index (χ1n) is 11.7. The van der Waals surface area contributed by atoms with Gasteiger partial charge in [0.2, 0.25) is 11.8 Å². The Morgan fingerprint density at radius 2 is 1.69 bits per heavy atom. The number of carbonyl (C=O) groups excluding carboxylic acids is 2. The molecule has 2 N–H and O–H groups in total. The highest BCUT2D eigenvalue weighted by atomic mass is 32.2. The van der Waals surface area contributed by atoms with Crippen molar-refractivity contribution in [3.05, 3.63) is 101 Å². The minimum Gasteiger partial charge on any atom is -0.322 e. The van der Waals surface area contributed by atoms with E-state index in [4.69, 9.17) is 0 Å². The highest BCUT2D eigenvalue weighted by Gasteiger charge is 2.20. The van der Waals surface area contributed by atoms with Gasteiger partial charge < -0.3 is 10.6 Å². The van der Waals surface area contributed by atoms with Crippen molar-refractivity contribution in [3.63, 3.8) is 0 Å². The Balaban J connectivity index is 1.38. The van der Waals surface area contributed by atoms with E-state index in [9.17, 15) is 9.59 Å². The fourth-order valence-corrected chi connectivity index (χ4v) is 5.41. The SMILES string of the molecule is CCC(Sc1cccc(NC(=O)/C=C/c2ccccc2)c1)C(=O)Nc1nc(-c2ccccc2)c(C)s1. The molecule has 1 unspecified atom stereocenters. The van der Waals surface area contributed by atoms with Crippen LogP contribution in [0.4, 0.5) is 10.8 Å². The van der Waals surface area contributed by atoms with Crippen LogP contribution in [0.2, 0.25) is 0 Å². The number of nitrogens with one attached hydrogen (secondary N) is 2. The number of carbonyl (C=O) groups is 2. The standard InChI is InChI=1S/C29H27N3O2S2/c1-3-25(28(34)32-29-31-27(20(2)35-29)22-13-8-5-9-14-22)36-24-16-10-15-23(19-24)30-26(33)18-17-21-11-6-4-7-12-21/h4-19,25H,3H2,1-2H3,(H,30,33)(H,31,32,34)/b18-17+. The molecule has 3 aromatic carbocycles. The highest BCUT2D eigenvalue weighted by molar-refractivity contribution is 8.00. The zero-order chi connectivity index (χ0) is 25.3. The maximum Gasteiger partial charge on any atom is 0.248 e. The maximum absolute atomic E-state index is 13.0. The third kappa shape index (κ3) is 6.93. The van der Waals surface area contributed by atoms with E-state index in [0.717, 1.165) is 26.6 Å². The number of aryl methyl sites for hydroxylation is 1. The molecule has 182 valence electrons. The lowest BCUT2D eigenvalue weighted by Gasteiger charge is -2.14. The van der Waals surface area contributed by atoms with Crippen molar-refractivity contribution in [3.8, 4) is 11.3 Å². The molecule has 1 atom stereocenters. The molecule has 7 heteroatoms. The molecule has 1 aromatic heterocycles. The first-order valence-corrected chi connectivity index (χ1v) is 13.4. The summed E-state index contributed by atoms with van der Waals surface area (Å²) < 4.78 is 0. The van der Waals surface area contributed by atoms with Gasteiger partial charge in [0, 0.05) is 27.1 Å². The molecule has 36 heavy (non-hydrogen) atoms. The number of hydrogen-bond donors (Lipinski definition) is 2. The van der Waals surface area contributed by atoms with Crippen molar-refractivity contribution in [1.29, 1.82) is 0 Å². The summed E-state index contributed by atoms with van der Waals surface area (Å²) in [6.45, 7) is 4.00. The lowest BCUT2D eigenvalue weighted by atomic mass is 10.1. The number of aromatic nitrogens is 1. The van der Waals surface area contributed by atoms with Crippen LogP contribution in [-0.4, -0.2) is 22.0 Å². The second kappa shape index (κ2) is 12.3. The third-order valence-electron chi connectivity index (χ3n) is 5.34. The van der Waals surface area contributed by atoms with Gasteiger partial charge in [-0.2, -0.15) is 0 Å². The molecule has 0 aliphatic rings. The van der Waals surface area contributed by atoms with E-state index in [1.165, 1.54) is 29.2 Å². The van der Waals surface area contributed by atoms with Crippen LogP contribution >= 0.6 is 23.1 Å². The lowest BCUT2D eigenvalue weighted by Crippen LogP contribution is -2.24. The number of hydrogen-bond acceptors (Lipinski definition) is 5. The van der Waals surface area contributed by atoms with Gasteiger partial charge in [-0.25, -0.2) is 4.98 Å². The van der Waals surface area contributed by atoms with Crippen LogP contribution in [0.3, 0.4) is 0 Å². The number of thiazole rings is 1. The Labute approximate surface area is 219 Å². The Bertz CT molecular complexity index is 1350. The van der Waals surface area contributed by atoms with E-state index in [-0.39, 0.29) is 17.1 Å². The monoisotopic (exact) mass is 513 g/mol. The van der Waals surface area contributed by atoms with E-state index in [1.54, 1.807) is 6.08 Å². The minimum absolute atomic E-state index is 0.0869. The van der Waals surface area contributed by atoms with Crippen molar-refractivity contribution in [2.45, 2.75) is 30.4 Å². The average Bonchev–Trinajstić information content (AvgIpc) is 3.27. The second-order valence-electron chi connectivity index (χ2n) is 8.05. The lowest BCUT2D eigenvalue weighted by molar-refractivity contribution is -0.115. The van der Waals surface area contributed by atoms with Gasteiger partial charge in [0.15, 0.2) is 5.13 Å². The van der Waals surface area contributed by atoms with Gasteiger partial charge in [-0.05, 0) is 43.2 Å². The zero-order valence-corrected chi connectivity index (χ0v) is 21.7. The third-order valence-corrected chi connectivity index (χ3v) is 7.59. The summed E-state index contributed by atoms with van der Waals surface area (Å²) in [5.74, 6) is -0.296. The van der Waals surface area contributed by atoms with E-state index in [2.05, 4.69) is 15.6 Å². The number of thioether (sulfide) groups is 1. The quantitative estimate of drug-likeness (QED) is 0.182. The Morgan fingerprint density at radius 3 is 2.42 bits per heavy atom. The molecule has 0 radical (unpaired) electrons. The van der Waals surface area contributed by atoms with Crippen LogP contribution in [0.15, 0.2) is 95.9 Å². The Hall–Kier alpha value is -3.68. The average molecular weight is 514 g/mol. The summed E-state index contributed by atoms with van der Waals surface area (Å²) >= 11 is 2.95. The highest BCUT2D eigenvalue weighted by Crippen LogP contribution is 2.32. The molecule has 1 heterocycles. The molecule has 4 rings (SSSR count). The number of rotatable bonds is 9. The molecular weight excluding hydrogens is 486 g/mol. The van der Waals surface area contributed by atoms with Crippen molar-refractivity contribution < 1.29 is 9.59 Å². The van der Waals surface area contributed by atoms with Crippen LogP contribution in [0.25, 0.3) is 17.3 Å². The molecule has 2 amide bonds. The van der Waals surface area contributed by atoms with Crippen molar-refractivity contribution >= 4 is 51.8 Å². The molecule has 0 aliphatic heterocycles. The van der Waals surface area contributed by atoms with Gasteiger partial charge in [-0.15, -0.1) is 23.1 Å². The summed E-state index contributed by atoms with van der Waals surface area (Å²) in [4.78, 5) is 32.0. The molecule has 0 saturated heterocycles. The Morgan fingerprint density at radius 1 is 0.972 bits per heavy atom. The van der Waals surface area contributed by atoms with Crippen LogP contribution in [-0.2, 0) is 9.59 Å². The molecule has 4 aromatic rings. The number of benzene rings is 3. The van der Waals surface area contributed by atoms with E-state index in [0.29, 0.717) is 17.2 Å². The summed E-state index contributed by atoms with van der Waals surface area (Å²) in [7, 11) is 0. The van der Waals surface area contributed by atoms with Crippen LogP contribution < -0.4 is 10.6 Å². The topological polar surface area (TPSA) is 71.1 Å². The summed E-state index contributed by atoms with van der Waals surface area (Å²) in [6.07, 6.45) is 3.94. The summed E-state index contributed by atoms with van der Waals surface area (Å²) in [6, 6.07) is 27.2. The number of amides is 2. The van der Waals surface area contributed by atoms with E-state index in [1.807, 2.05) is 98.8 Å². The molecule has 0 saturated carbocycles. The molecule has 0 bridgehead atoms. The van der Waals surface area contributed by atoms with Crippen molar-refractivity contribution in [2.75, 3.05) is 10.6 Å². The predicted octanol–water partition coefficient (Wildman–Crippen LogP) is 7.28. The van der Waals surface area contributed by atoms with Crippen LogP contribution in [0.1, 0.15) is 23.8 Å². The molecule has 5 nitrogen and oxygen atoms in total. The van der Waals surface area contributed by atoms with Gasteiger partial charge >= 0.3 is 0 Å². The fraction of sp³-hybridized carbons (Fsp3) is 0.138. The predicted molar refractivity (Wildman–Crippen MR) is 151 cm³/mol. The number of anilines is 2. The van der Waals surface area contributed by atoms with Crippen LogP contribution in [0.5, 0.6) is 0 Å². The Kier molecular flexibility index (Phi) is 8.71. The zero-order valence-electron chi connectivity index (χ0n) is 20.1. The smallest absolute Gasteiger partial charge is 0.248 e. The van der Waals surface area contributed by atoms with Crippen molar-refractivity contribution in [2.24, 2.45) is 0 Å². The molecule has 0 aliphatic carbocycles. The maximum atomic E-state index is 13.0. The van der Waals surface area contributed by atoms with Gasteiger partial charge in [-0.3, -0.25) is 9.59 Å². The molecular formula is C29H27N3O2S2. The summed E-state index contributed by atoms with van der Waals surface area (Å²) in [5, 5.41) is 6.19. The molecule has 0 spiro atoms. The van der Waals surface area contributed by atoms with Gasteiger partial charge in [0.1, 0.15) is 0 Å². The fourth-order valence-electron chi connectivity index (χ4n) is 3.55. The number of nitrogens with zero attached hydrogens (tertiary/aromatic N) is 1. The largest absolute Gasteiger partial charge is 0.322 e. The van der Waals surface area contributed by atoms with Crippen LogP contribution in [0, 0.1) is 6.92 Å². The van der Waals surface area contributed by atoms with E-state index < -0.39 is 0 Å². The molecule has 0 fully saturated rings. The first kappa shape index (κ1) is 25.4. The van der Waals surface area contributed by atoms with Crippen molar-refractivity contribution in [1.82, 2.24) is 4.98 Å². The van der Waals surface area contributed by atoms with Gasteiger partial charge in [-0.1, -0.05) is 73.7 Å². The first-order chi connectivity index (χ1) is 17.5. The minimum atomic E-state index is -0.293. The van der Waals surface area contributed by atoms with Gasteiger partial charge in [0.05, 0.1) is 10.9 Å². The van der Waals surface area contributed by atoms with Gasteiger partial charge in [0.25, 0.3) is 0 Å².